The van der Waals surface area contributed by atoms with Crippen molar-refractivity contribution in [2.24, 2.45) is 0 Å². The van der Waals surface area contributed by atoms with E-state index in [0.717, 1.165) is 0 Å². The van der Waals surface area contributed by atoms with Crippen LogP contribution in [0.25, 0.3) is 0 Å². The van der Waals surface area contributed by atoms with E-state index in [0.29, 0.717) is 5.56 Å². The number of hydrogen-bond acceptors (Lipinski definition) is 4. The summed E-state index contributed by atoms with van der Waals surface area (Å²) in [5, 5.41) is 20.1. The summed E-state index contributed by atoms with van der Waals surface area (Å²) in [5.41, 5.74) is 0.458. The number of aromatic carboxylic acids is 1. The Morgan fingerprint density at radius 2 is 1.95 bits per heavy atom. The van der Waals surface area contributed by atoms with Gasteiger partial charge in [-0.15, -0.1) is 0 Å². The van der Waals surface area contributed by atoms with Gasteiger partial charge in [0.25, 0.3) is 5.69 Å². The Morgan fingerprint density at radius 3 is 2.57 bits per heavy atom. The molecule has 0 bridgehead atoms. The number of nitro groups is 1. The minimum Gasteiger partial charge on any atom is -0.478 e. The molecule has 0 aliphatic heterocycles. The first-order valence-corrected chi connectivity index (χ1v) is 6.64. The summed E-state index contributed by atoms with van der Waals surface area (Å²) in [7, 11) is 0. The maximum Gasteiger partial charge on any atom is 0.339 e. The monoisotopic (exact) mass is 351 g/mol. The Labute approximate surface area is 128 Å². The Balaban J connectivity index is 2.51. The Hall–Kier alpha value is -2.41. The van der Waals surface area contributed by atoms with Crippen LogP contribution in [0.1, 0.15) is 15.9 Å². The van der Waals surface area contributed by atoms with Crippen molar-refractivity contribution >= 4 is 27.6 Å². The average molecular weight is 352 g/mol. The van der Waals surface area contributed by atoms with Crippen molar-refractivity contribution < 1.29 is 19.6 Å². The molecule has 0 atom stereocenters. The number of nitro benzene ring substituents is 1. The lowest BCUT2D eigenvalue weighted by Gasteiger charge is -2.12. The van der Waals surface area contributed by atoms with Gasteiger partial charge >= 0.3 is 5.97 Å². The number of carboxylic acid groups (broad SMARTS) is 1. The first-order valence-electron chi connectivity index (χ1n) is 5.85. The minimum atomic E-state index is -1.13. The topological polar surface area (TPSA) is 89.7 Å². The molecule has 2 rings (SSSR count). The predicted octanol–water partition coefficient (Wildman–Crippen LogP) is 4.16. The number of rotatable bonds is 4. The van der Waals surface area contributed by atoms with Gasteiger partial charge in [0, 0.05) is 6.07 Å². The third kappa shape index (κ3) is 3.03. The molecule has 7 heteroatoms. The standard InChI is InChI=1S/C14H10BrNO5/c1-8-4-2-5-9(14(17)18)13(8)21-11-7-3-6-10(12(11)15)16(19)20/h2-7H,1H3,(H,17,18). The highest BCUT2D eigenvalue weighted by Gasteiger charge is 2.19. The first kappa shape index (κ1) is 15.0. The van der Waals surface area contributed by atoms with E-state index in [2.05, 4.69) is 15.9 Å². The Morgan fingerprint density at radius 1 is 1.29 bits per heavy atom. The molecule has 2 aromatic rings. The highest BCUT2D eigenvalue weighted by atomic mass is 79.9. The van der Waals surface area contributed by atoms with Gasteiger partial charge in [0.1, 0.15) is 21.5 Å². The smallest absolute Gasteiger partial charge is 0.339 e. The van der Waals surface area contributed by atoms with E-state index in [1.54, 1.807) is 19.1 Å². The van der Waals surface area contributed by atoms with E-state index in [1.807, 2.05) is 0 Å². The highest BCUT2D eigenvalue weighted by molar-refractivity contribution is 9.10. The van der Waals surface area contributed by atoms with E-state index in [4.69, 9.17) is 4.74 Å². The molecule has 2 aromatic carbocycles. The number of nitrogens with zero attached hydrogens (tertiary/aromatic N) is 1. The van der Waals surface area contributed by atoms with Crippen molar-refractivity contribution in [3.05, 3.63) is 62.1 Å². The maximum absolute atomic E-state index is 11.2. The van der Waals surface area contributed by atoms with E-state index in [1.165, 1.54) is 24.3 Å². The molecule has 0 saturated carbocycles. The molecule has 0 unspecified atom stereocenters. The van der Waals surface area contributed by atoms with Crippen LogP contribution in [0.3, 0.4) is 0 Å². The fourth-order valence-electron chi connectivity index (χ4n) is 1.79. The van der Waals surface area contributed by atoms with E-state index in [-0.39, 0.29) is 27.2 Å². The van der Waals surface area contributed by atoms with Gasteiger partial charge in [-0.1, -0.05) is 18.2 Å². The third-order valence-corrected chi connectivity index (χ3v) is 3.59. The molecular formula is C14H10BrNO5. The largest absolute Gasteiger partial charge is 0.478 e. The van der Waals surface area contributed by atoms with Crippen LogP contribution in [0, 0.1) is 17.0 Å². The third-order valence-electron chi connectivity index (χ3n) is 2.79. The van der Waals surface area contributed by atoms with Crippen molar-refractivity contribution in [1.82, 2.24) is 0 Å². The van der Waals surface area contributed by atoms with Crippen LogP contribution < -0.4 is 4.74 Å². The summed E-state index contributed by atoms with van der Waals surface area (Å²) in [5.74, 6) is -0.789. The summed E-state index contributed by atoms with van der Waals surface area (Å²) < 4.78 is 5.75. The van der Waals surface area contributed by atoms with Crippen LogP contribution in [-0.2, 0) is 0 Å². The zero-order chi connectivity index (χ0) is 15.6. The SMILES string of the molecule is Cc1cccc(C(=O)O)c1Oc1cccc([N+](=O)[O-])c1Br. The van der Waals surface area contributed by atoms with Crippen molar-refractivity contribution in [3.63, 3.8) is 0 Å². The lowest BCUT2D eigenvalue weighted by Crippen LogP contribution is -2.02. The van der Waals surface area contributed by atoms with Crippen LogP contribution >= 0.6 is 15.9 Å². The minimum absolute atomic E-state index is 0.00611. The van der Waals surface area contributed by atoms with E-state index in [9.17, 15) is 20.0 Å². The fraction of sp³-hybridized carbons (Fsp3) is 0.0714. The van der Waals surface area contributed by atoms with Gasteiger partial charge in [-0.3, -0.25) is 10.1 Å². The van der Waals surface area contributed by atoms with Crippen LogP contribution in [0.15, 0.2) is 40.9 Å². The second-order valence-electron chi connectivity index (χ2n) is 4.21. The van der Waals surface area contributed by atoms with Crippen LogP contribution in [-0.4, -0.2) is 16.0 Å². The lowest BCUT2D eigenvalue weighted by atomic mass is 10.1. The first-order chi connectivity index (χ1) is 9.91. The van der Waals surface area contributed by atoms with Gasteiger partial charge in [0.15, 0.2) is 0 Å². The molecule has 0 saturated heterocycles. The van der Waals surface area contributed by atoms with Crippen molar-refractivity contribution in [2.45, 2.75) is 6.92 Å². The summed E-state index contributed by atoms with van der Waals surface area (Å²) >= 11 is 3.11. The van der Waals surface area contributed by atoms with Gasteiger partial charge in [-0.2, -0.15) is 0 Å². The molecule has 108 valence electrons. The van der Waals surface area contributed by atoms with Crippen molar-refractivity contribution in [1.29, 1.82) is 0 Å². The van der Waals surface area contributed by atoms with Gasteiger partial charge in [0.2, 0.25) is 0 Å². The second-order valence-corrected chi connectivity index (χ2v) is 5.00. The zero-order valence-electron chi connectivity index (χ0n) is 10.9. The molecule has 21 heavy (non-hydrogen) atoms. The molecule has 6 nitrogen and oxygen atoms in total. The molecule has 0 aromatic heterocycles. The van der Waals surface area contributed by atoms with Gasteiger partial charge in [-0.05, 0) is 40.5 Å². The summed E-state index contributed by atoms with van der Waals surface area (Å²) in [6.07, 6.45) is 0. The molecule has 0 radical (unpaired) electrons. The Bertz CT molecular complexity index is 729. The number of benzene rings is 2. The summed E-state index contributed by atoms with van der Waals surface area (Å²) in [4.78, 5) is 21.6. The number of carboxylic acids is 1. The maximum atomic E-state index is 11.2. The molecule has 0 spiro atoms. The van der Waals surface area contributed by atoms with Crippen molar-refractivity contribution in [2.75, 3.05) is 0 Å². The van der Waals surface area contributed by atoms with Gasteiger partial charge < -0.3 is 9.84 Å². The summed E-state index contributed by atoms with van der Waals surface area (Å²) in [6.45, 7) is 1.70. The van der Waals surface area contributed by atoms with Crippen LogP contribution in [0.2, 0.25) is 0 Å². The van der Waals surface area contributed by atoms with Crippen molar-refractivity contribution in [3.8, 4) is 11.5 Å². The molecule has 0 aliphatic rings. The molecular weight excluding hydrogens is 342 g/mol. The molecule has 0 aliphatic carbocycles. The number of para-hydroxylation sites is 1. The molecule has 1 N–H and O–H groups in total. The van der Waals surface area contributed by atoms with E-state index < -0.39 is 10.9 Å². The van der Waals surface area contributed by atoms with Crippen LogP contribution in [0.4, 0.5) is 5.69 Å². The van der Waals surface area contributed by atoms with E-state index >= 15 is 0 Å². The molecule has 0 amide bonds. The van der Waals surface area contributed by atoms with Crippen LogP contribution in [0.5, 0.6) is 11.5 Å². The average Bonchev–Trinajstić information content (AvgIpc) is 2.42. The van der Waals surface area contributed by atoms with Gasteiger partial charge in [-0.25, -0.2) is 4.79 Å². The number of ether oxygens (including phenoxy) is 1. The zero-order valence-corrected chi connectivity index (χ0v) is 12.5. The number of halogens is 1. The fourth-order valence-corrected chi connectivity index (χ4v) is 2.28. The highest BCUT2D eigenvalue weighted by Crippen LogP contribution is 2.38. The quantitative estimate of drug-likeness (QED) is 0.659. The number of hydrogen-bond donors (Lipinski definition) is 1. The number of aryl methyl sites for hydroxylation is 1. The number of carbonyl (C=O) groups is 1. The Kier molecular flexibility index (Phi) is 4.23. The summed E-state index contributed by atoms with van der Waals surface area (Å²) in [6, 6.07) is 9.04. The normalized spacial score (nSPS) is 10.2. The van der Waals surface area contributed by atoms with Gasteiger partial charge in [0.05, 0.1) is 4.92 Å². The lowest BCUT2D eigenvalue weighted by molar-refractivity contribution is -0.385. The molecule has 0 heterocycles. The molecule has 0 fully saturated rings. The second kappa shape index (κ2) is 5.92. The predicted molar refractivity (Wildman–Crippen MR) is 79.0 cm³/mol.